The van der Waals surface area contributed by atoms with E-state index in [1.54, 1.807) is 46.1 Å². The number of rotatable bonds is 0. The van der Waals surface area contributed by atoms with E-state index in [4.69, 9.17) is 15.3 Å². The normalized spacial score (nSPS) is 6.12. The SMILES string of the molecule is O=[N+]([O-])[O-].[NH2-].[NH2-].[Pt+4].c1cscn1.c1cscn1. The Morgan fingerprint density at radius 1 is 0.941 bits per heavy atom. The molecule has 2 rings (SSSR count). The van der Waals surface area contributed by atoms with Crippen molar-refractivity contribution in [2.75, 3.05) is 0 Å². The third-order valence-electron chi connectivity index (χ3n) is 0.694. The average molecular weight is 459 g/mol. The second kappa shape index (κ2) is 20.5. The molecule has 0 saturated heterocycles. The fraction of sp³-hybridized carbons (Fsp3) is 0. The first kappa shape index (κ1) is 25.0. The van der Waals surface area contributed by atoms with Crippen molar-refractivity contribution in [3.05, 3.63) is 61.8 Å². The van der Waals surface area contributed by atoms with Crippen LogP contribution in [0.1, 0.15) is 0 Å². The third kappa shape index (κ3) is 31.3. The molecule has 0 amide bonds. The minimum absolute atomic E-state index is 0. The fourth-order valence-electron chi connectivity index (χ4n) is 0.351. The minimum atomic E-state index is -1.75. The zero-order valence-electron chi connectivity index (χ0n) is 8.32. The first-order valence-corrected chi connectivity index (χ1v) is 5.08. The molecule has 0 aromatic carbocycles. The van der Waals surface area contributed by atoms with Gasteiger partial charge in [-0.25, -0.2) is 0 Å². The molecule has 17 heavy (non-hydrogen) atoms. The third-order valence-corrected chi connectivity index (χ3v) is 1.74. The summed E-state index contributed by atoms with van der Waals surface area (Å²) in [5.41, 5.74) is 3.58. The number of hydrogen-bond donors (Lipinski definition) is 0. The van der Waals surface area contributed by atoms with Crippen LogP contribution in [-0.2, 0) is 21.1 Å². The number of hydrogen-bond acceptors (Lipinski definition) is 7. The fourth-order valence-corrected chi connectivity index (χ4v) is 1.05. The molecule has 0 fully saturated rings. The Balaban J connectivity index is -0.0000000692. The molecule has 0 bridgehead atoms. The van der Waals surface area contributed by atoms with Crippen molar-refractivity contribution >= 4 is 22.7 Å². The molecule has 11 heteroatoms. The summed E-state index contributed by atoms with van der Waals surface area (Å²) in [5.74, 6) is 0. The van der Waals surface area contributed by atoms with Gasteiger partial charge in [0.25, 0.3) is 0 Å². The molecular formula is C6H10N5O3PtS2+. The van der Waals surface area contributed by atoms with Crippen molar-refractivity contribution in [3.63, 3.8) is 0 Å². The van der Waals surface area contributed by atoms with E-state index in [-0.39, 0.29) is 33.4 Å². The molecular weight excluding hydrogens is 449 g/mol. The van der Waals surface area contributed by atoms with Crippen LogP contribution in [-0.4, -0.2) is 15.1 Å². The van der Waals surface area contributed by atoms with Crippen LogP contribution in [0.5, 0.6) is 0 Å². The van der Waals surface area contributed by atoms with Crippen molar-refractivity contribution in [1.82, 2.24) is 9.97 Å². The topological polar surface area (TPSA) is 159 Å². The van der Waals surface area contributed by atoms with Crippen molar-refractivity contribution in [1.29, 1.82) is 0 Å². The second-order valence-electron chi connectivity index (χ2n) is 1.58. The predicted octanol–water partition coefficient (Wildman–Crippen LogP) is 3.48. The number of nitrogens with zero attached hydrogens (tertiary/aromatic N) is 3. The van der Waals surface area contributed by atoms with Crippen LogP contribution in [0.2, 0.25) is 0 Å². The largest absolute Gasteiger partial charge is 4.00 e. The summed E-state index contributed by atoms with van der Waals surface area (Å²) >= 11 is 3.20. The summed E-state index contributed by atoms with van der Waals surface area (Å²) < 4.78 is 0. The summed E-state index contributed by atoms with van der Waals surface area (Å²) in [4.78, 5) is 15.7. The molecule has 98 valence electrons. The Hall–Kier alpha value is -0.932. The van der Waals surface area contributed by atoms with E-state index in [9.17, 15) is 0 Å². The van der Waals surface area contributed by atoms with E-state index < -0.39 is 5.09 Å². The molecule has 0 saturated carbocycles. The summed E-state index contributed by atoms with van der Waals surface area (Å²) in [7, 11) is 0. The zero-order chi connectivity index (χ0) is 10.6. The van der Waals surface area contributed by atoms with Crippen LogP contribution in [0.15, 0.2) is 34.2 Å². The van der Waals surface area contributed by atoms with Gasteiger partial charge in [-0.1, -0.05) is 0 Å². The van der Waals surface area contributed by atoms with Gasteiger partial charge in [-0.3, -0.25) is 9.97 Å². The van der Waals surface area contributed by atoms with Crippen LogP contribution in [0.25, 0.3) is 12.3 Å². The van der Waals surface area contributed by atoms with Gasteiger partial charge in [0.1, 0.15) is 0 Å². The van der Waals surface area contributed by atoms with E-state index in [1.165, 1.54) is 0 Å². The van der Waals surface area contributed by atoms with Gasteiger partial charge in [-0.15, -0.1) is 22.7 Å². The van der Waals surface area contributed by atoms with Crippen LogP contribution < -0.4 is 0 Å². The Kier molecular flexibility index (Phi) is 30.2. The number of thiazole rings is 2. The molecule has 2 aromatic rings. The average Bonchev–Trinajstić information content (AvgIpc) is 2.83. The van der Waals surface area contributed by atoms with Gasteiger partial charge in [0.05, 0.1) is 16.1 Å². The maximum absolute atomic E-state index is 8.25. The quantitative estimate of drug-likeness (QED) is 0.435. The van der Waals surface area contributed by atoms with Gasteiger partial charge in [-0.05, 0) is 0 Å². The van der Waals surface area contributed by atoms with Gasteiger partial charge in [0.15, 0.2) is 0 Å². The zero-order valence-corrected chi connectivity index (χ0v) is 12.2. The molecule has 0 aliphatic carbocycles. The van der Waals surface area contributed by atoms with E-state index in [0.29, 0.717) is 0 Å². The summed E-state index contributed by atoms with van der Waals surface area (Å²) in [6.07, 6.45) is 3.54. The predicted molar refractivity (Wildman–Crippen MR) is 65.2 cm³/mol. The van der Waals surface area contributed by atoms with E-state index in [0.717, 1.165) is 0 Å². The smallest absolute Gasteiger partial charge is 0.693 e. The maximum Gasteiger partial charge on any atom is 4.00 e. The van der Waals surface area contributed by atoms with E-state index >= 15 is 0 Å². The van der Waals surface area contributed by atoms with E-state index in [2.05, 4.69) is 9.97 Å². The monoisotopic (exact) mass is 459 g/mol. The molecule has 0 unspecified atom stereocenters. The standard InChI is InChI=1S/2C3H3NS.NO3.2H2N.Pt/c2*1-2-5-3-4-1;2-1(3)4;;;/h2*1-3H;;2*1H2;/q;;3*-1;+4. The molecule has 0 aliphatic heterocycles. The van der Waals surface area contributed by atoms with Crippen molar-refractivity contribution in [2.24, 2.45) is 0 Å². The number of nitrogens with two attached hydrogens (primary N) is 2. The molecule has 0 aliphatic rings. The first-order chi connectivity index (χ1) is 6.73. The minimum Gasteiger partial charge on any atom is -0.693 e. The second-order valence-corrected chi connectivity index (χ2v) is 3.09. The molecule has 2 aromatic heterocycles. The van der Waals surface area contributed by atoms with Crippen molar-refractivity contribution in [2.45, 2.75) is 0 Å². The Labute approximate surface area is 120 Å². The van der Waals surface area contributed by atoms with Gasteiger partial charge < -0.3 is 27.6 Å². The van der Waals surface area contributed by atoms with Gasteiger partial charge in [-0.2, -0.15) is 0 Å². The van der Waals surface area contributed by atoms with Crippen LogP contribution in [0.4, 0.5) is 0 Å². The van der Waals surface area contributed by atoms with Crippen molar-refractivity contribution in [3.8, 4) is 0 Å². The van der Waals surface area contributed by atoms with Gasteiger partial charge >= 0.3 is 21.1 Å². The molecule has 4 N–H and O–H groups in total. The summed E-state index contributed by atoms with van der Waals surface area (Å²) in [6, 6.07) is 0. The van der Waals surface area contributed by atoms with Crippen LogP contribution >= 0.6 is 22.7 Å². The summed E-state index contributed by atoms with van der Waals surface area (Å²) in [5, 5.41) is 18.6. The maximum atomic E-state index is 8.25. The Morgan fingerprint density at radius 3 is 1.29 bits per heavy atom. The van der Waals surface area contributed by atoms with Crippen LogP contribution in [0, 0.1) is 15.3 Å². The summed E-state index contributed by atoms with van der Waals surface area (Å²) in [6.45, 7) is 0. The molecule has 0 spiro atoms. The van der Waals surface area contributed by atoms with Gasteiger partial charge in [0.2, 0.25) is 0 Å². The Bertz CT molecular complexity index is 243. The number of aromatic nitrogens is 2. The van der Waals surface area contributed by atoms with Crippen LogP contribution in [0.3, 0.4) is 0 Å². The van der Waals surface area contributed by atoms with Crippen molar-refractivity contribution < 1.29 is 26.2 Å². The Morgan fingerprint density at radius 2 is 1.24 bits per heavy atom. The first-order valence-electron chi connectivity index (χ1n) is 3.19. The molecule has 0 atom stereocenters. The molecule has 0 radical (unpaired) electrons. The molecule has 2 heterocycles. The van der Waals surface area contributed by atoms with Gasteiger partial charge in [0, 0.05) is 23.2 Å². The van der Waals surface area contributed by atoms with E-state index in [1.807, 2.05) is 10.8 Å². The molecule has 8 nitrogen and oxygen atoms in total.